The summed E-state index contributed by atoms with van der Waals surface area (Å²) in [5.41, 5.74) is 5.97. The Kier molecular flexibility index (Phi) is 3.60. The molecule has 7 heteroatoms. The first-order valence-corrected chi connectivity index (χ1v) is 5.54. The molecule has 1 aliphatic rings. The molecule has 1 unspecified atom stereocenters. The number of nitrogens with zero attached hydrogens (tertiary/aromatic N) is 3. The molecule has 90 valence electrons. The zero-order valence-corrected chi connectivity index (χ0v) is 9.89. The lowest BCUT2D eigenvalue weighted by Crippen LogP contribution is -2.49. The van der Waals surface area contributed by atoms with E-state index in [0.717, 1.165) is 0 Å². The third-order valence-electron chi connectivity index (χ3n) is 2.48. The monoisotopic (exact) mass is 252 g/mol. The summed E-state index contributed by atoms with van der Waals surface area (Å²) in [5, 5.41) is 0. The van der Waals surface area contributed by atoms with Crippen LogP contribution in [0.5, 0.6) is 0 Å². The number of hydrogen-bond acceptors (Lipinski definition) is 5. The SMILES string of the molecule is NC(=S)C1CN(C(=O)c2cncnc2)CCO1. The molecule has 1 fully saturated rings. The summed E-state index contributed by atoms with van der Waals surface area (Å²) in [7, 11) is 0. The lowest BCUT2D eigenvalue weighted by molar-refractivity contribution is 0.00874. The van der Waals surface area contributed by atoms with Gasteiger partial charge in [-0.3, -0.25) is 4.79 Å². The van der Waals surface area contributed by atoms with E-state index in [1.807, 2.05) is 0 Å². The Morgan fingerprint density at radius 1 is 1.53 bits per heavy atom. The van der Waals surface area contributed by atoms with Crippen LogP contribution < -0.4 is 5.73 Å². The van der Waals surface area contributed by atoms with Gasteiger partial charge in [0.15, 0.2) is 0 Å². The Balaban J connectivity index is 2.07. The molecular formula is C10H12N4O2S. The maximum Gasteiger partial charge on any atom is 0.257 e. The van der Waals surface area contributed by atoms with Gasteiger partial charge in [-0.15, -0.1) is 0 Å². The Labute approximate surface area is 104 Å². The van der Waals surface area contributed by atoms with E-state index >= 15 is 0 Å². The fourth-order valence-corrected chi connectivity index (χ4v) is 1.74. The molecule has 0 saturated carbocycles. The molecule has 2 heterocycles. The van der Waals surface area contributed by atoms with Crippen LogP contribution in [0.15, 0.2) is 18.7 Å². The van der Waals surface area contributed by atoms with E-state index in [9.17, 15) is 4.79 Å². The van der Waals surface area contributed by atoms with Crippen molar-refractivity contribution in [3.63, 3.8) is 0 Å². The highest BCUT2D eigenvalue weighted by Gasteiger charge is 2.26. The maximum atomic E-state index is 12.1. The van der Waals surface area contributed by atoms with Crippen LogP contribution in [0.3, 0.4) is 0 Å². The van der Waals surface area contributed by atoms with Crippen LogP contribution in [-0.4, -0.2) is 51.6 Å². The number of morpholine rings is 1. The Morgan fingerprint density at radius 2 is 2.24 bits per heavy atom. The molecule has 1 saturated heterocycles. The van der Waals surface area contributed by atoms with Gasteiger partial charge in [0, 0.05) is 18.9 Å². The van der Waals surface area contributed by atoms with E-state index < -0.39 is 0 Å². The summed E-state index contributed by atoms with van der Waals surface area (Å²) in [4.78, 5) is 21.6. The molecule has 0 aliphatic carbocycles. The number of carbonyl (C=O) groups excluding carboxylic acids is 1. The second kappa shape index (κ2) is 5.15. The van der Waals surface area contributed by atoms with Gasteiger partial charge in [0.05, 0.1) is 18.7 Å². The highest BCUT2D eigenvalue weighted by molar-refractivity contribution is 7.80. The third-order valence-corrected chi connectivity index (χ3v) is 2.74. The van der Waals surface area contributed by atoms with Crippen molar-refractivity contribution in [3.8, 4) is 0 Å². The normalized spacial score (nSPS) is 20.0. The summed E-state index contributed by atoms with van der Waals surface area (Å²) in [5.74, 6) is -0.129. The Hall–Kier alpha value is -1.60. The predicted octanol–water partition coefficient (Wildman–Crippen LogP) is -0.396. The topological polar surface area (TPSA) is 81.3 Å². The molecule has 6 nitrogen and oxygen atoms in total. The number of nitrogens with two attached hydrogens (primary N) is 1. The van der Waals surface area contributed by atoms with Gasteiger partial charge in [-0.2, -0.15) is 0 Å². The smallest absolute Gasteiger partial charge is 0.257 e. The molecule has 0 bridgehead atoms. The fourth-order valence-electron chi connectivity index (χ4n) is 1.60. The van der Waals surface area contributed by atoms with Crippen LogP contribution in [0.2, 0.25) is 0 Å². The first kappa shape index (κ1) is 11.9. The summed E-state index contributed by atoms with van der Waals surface area (Å²) in [6.45, 7) is 1.33. The maximum absolute atomic E-state index is 12.1. The minimum absolute atomic E-state index is 0.129. The van der Waals surface area contributed by atoms with Gasteiger partial charge >= 0.3 is 0 Å². The van der Waals surface area contributed by atoms with Crippen molar-refractivity contribution in [2.75, 3.05) is 19.7 Å². The van der Waals surface area contributed by atoms with Crippen molar-refractivity contribution in [2.45, 2.75) is 6.10 Å². The summed E-state index contributed by atoms with van der Waals surface area (Å²) in [6.07, 6.45) is 3.99. The quantitative estimate of drug-likeness (QED) is 0.722. The fraction of sp³-hybridized carbons (Fsp3) is 0.400. The first-order chi connectivity index (χ1) is 8.18. The van der Waals surface area contributed by atoms with Gasteiger partial charge in [-0.1, -0.05) is 12.2 Å². The van der Waals surface area contributed by atoms with Crippen LogP contribution in [0.4, 0.5) is 0 Å². The van der Waals surface area contributed by atoms with Crippen molar-refractivity contribution in [1.82, 2.24) is 14.9 Å². The largest absolute Gasteiger partial charge is 0.391 e. The van der Waals surface area contributed by atoms with E-state index in [1.54, 1.807) is 4.90 Å². The van der Waals surface area contributed by atoms with E-state index in [0.29, 0.717) is 25.3 Å². The number of thiocarbonyl (C=S) groups is 1. The molecule has 1 aromatic heterocycles. The predicted molar refractivity (Wildman–Crippen MR) is 64.5 cm³/mol. The van der Waals surface area contributed by atoms with Crippen LogP contribution in [0, 0.1) is 0 Å². The van der Waals surface area contributed by atoms with Crippen LogP contribution in [-0.2, 0) is 4.74 Å². The van der Waals surface area contributed by atoms with Crippen molar-refractivity contribution >= 4 is 23.1 Å². The van der Waals surface area contributed by atoms with Crippen LogP contribution in [0.25, 0.3) is 0 Å². The van der Waals surface area contributed by atoms with Gasteiger partial charge < -0.3 is 15.4 Å². The number of ether oxygens (including phenoxy) is 1. The molecule has 0 aromatic carbocycles. The number of aromatic nitrogens is 2. The third kappa shape index (κ3) is 2.75. The molecule has 0 spiro atoms. The Bertz CT molecular complexity index is 426. The van der Waals surface area contributed by atoms with Crippen LogP contribution >= 0.6 is 12.2 Å². The molecule has 1 aliphatic heterocycles. The minimum Gasteiger partial charge on any atom is -0.391 e. The van der Waals surface area contributed by atoms with Crippen molar-refractivity contribution < 1.29 is 9.53 Å². The van der Waals surface area contributed by atoms with Crippen LogP contribution in [0.1, 0.15) is 10.4 Å². The highest BCUT2D eigenvalue weighted by atomic mass is 32.1. The minimum atomic E-state index is -0.368. The highest BCUT2D eigenvalue weighted by Crippen LogP contribution is 2.09. The summed E-state index contributed by atoms with van der Waals surface area (Å²) in [6, 6.07) is 0. The molecule has 17 heavy (non-hydrogen) atoms. The molecule has 1 amide bonds. The van der Waals surface area contributed by atoms with Gasteiger partial charge in [0.2, 0.25) is 0 Å². The number of amides is 1. The molecule has 2 N–H and O–H groups in total. The van der Waals surface area contributed by atoms with E-state index in [2.05, 4.69) is 9.97 Å². The van der Waals surface area contributed by atoms with Gasteiger partial charge in [0.25, 0.3) is 5.91 Å². The number of hydrogen-bond donors (Lipinski definition) is 1. The van der Waals surface area contributed by atoms with Crippen molar-refractivity contribution in [1.29, 1.82) is 0 Å². The standard InChI is InChI=1S/C10H12N4O2S/c11-9(17)8-5-14(1-2-16-8)10(15)7-3-12-6-13-4-7/h3-4,6,8H,1-2,5H2,(H2,11,17). The number of rotatable bonds is 2. The second-order valence-electron chi connectivity index (χ2n) is 3.64. The molecule has 0 radical (unpaired) electrons. The average Bonchev–Trinajstić information content (AvgIpc) is 2.39. The van der Waals surface area contributed by atoms with Gasteiger partial charge in [-0.25, -0.2) is 9.97 Å². The summed E-state index contributed by atoms with van der Waals surface area (Å²) < 4.78 is 5.36. The molecule has 1 atom stereocenters. The van der Waals surface area contributed by atoms with E-state index in [1.165, 1.54) is 18.7 Å². The Morgan fingerprint density at radius 3 is 2.88 bits per heavy atom. The lowest BCUT2D eigenvalue weighted by atomic mass is 10.2. The molecular weight excluding hydrogens is 240 g/mol. The van der Waals surface area contributed by atoms with Gasteiger partial charge in [-0.05, 0) is 0 Å². The first-order valence-electron chi connectivity index (χ1n) is 5.13. The molecule has 1 aromatic rings. The zero-order chi connectivity index (χ0) is 12.3. The second-order valence-corrected chi connectivity index (χ2v) is 4.11. The van der Waals surface area contributed by atoms with Crippen molar-refractivity contribution in [2.24, 2.45) is 5.73 Å². The van der Waals surface area contributed by atoms with E-state index in [4.69, 9.17) is 22.7 Å². The zero-order valence-electron chi connectivity index (χ0n) is 9.07. The molecule has 2 rings (SSSR count). The van der Waals surface area contributed by atoms with Crippen molar-refractivity contribution in [3.05, 3.63) is 24.3 Å². The summed E-state index contributed by atoms with van der Waals surface area (Å²) >= 11 is 4.86. The number of carbonyl (C=O) groups is 1. The lowest BCUT2D eigenvalue weighted by Gasteiger charge is -2.32. The average molecular weight is 252 g/mol. The van der Waals surface area contributed by atoms with Gasteiger partial charge in [0.1, 0.15) is 17.4 Å². The van der Waals surface area contributed by atoms with E-state index in [-0.39, 0.29) is 17.0 Å².